The molecule has 0 saturated carbocycles. The van der Waals surface area contributed by atoms with Crippen LogP contribution < -0.4 is 0 Å². The fraction of sp³-hybridized carbons (Fsp3) is 0.333. The molecule has 62 valence electrons. The first kappa shape index (κ1) is 11.0. The SMILES string of the molecule is [Br][Mg][CH2]CCc1cccc(Br)c1. The first-order valence-electron chi connectivity index (χ1n) is 4.13. The summed E-state index contributed by atoms with van der Waals surface area (Å²) < 4.78 is 2.59. The van der Waals surface area contributed by atoms with E-state index in [-0.39, 0.29) is 18.2 Å². The summed E-state index contributed by atoms with van der Waals surface area (Å²) in [4.78, 5) is 0. The van der Waals surface area contributed by atoms with Gasteiger partial charge in [0.1, 0.15) is 0 Å². The molecule has 0 unspecified atom stereocenters. The van der Waals surface area contributed by atoms with Crippen molar-refractivity contribution in [1.29, 1.82) is 0 Å². The van der Waals surface area contributed by atoms with Crippen molar-refractivity contribution >= 4 is 47.0 Å². The van der Waals surface area contributed by atoms with Crippen LogP contribution in [-0.4, -0.2) is 18.2 Å². The van der Waals surface area contributed by atoms with Crippen molar-refractivity contribution in [2.24, 2.45) is 0 Å². The molecule has 1 aromatic carbocycles. The lowest BCUT2D eigenvalue weighted by Crippen LogP contribution is -1.86. The average Bonchev–Trinajstić information content (AvgIpc) is 2.05. The van der Waals surface area contributed by atoms with Gasteiger partial charge in [0.25, 0.3) is 0 Å². The Labute approximate surface area is 97.8 Å². The maximum absolute atomic E-state index is 3.57. The number of rotatable bonds is 4. The molecule has 0 saturated heterocycles. The highest BCUT2D eigenvalue weighted by molar-refractivity contribution is 9.23. The lowest BCUT2D eigenvalue weighted by molar-refractivity contribution is 0.918. The fourth-order valence-electron chi connectivity index (χ4n) is 1.12. The molecule has 3 heteroatoms. The summed E-state index contributed by atoms with van der Waals surface area (Å²) in [5.41, 5.74) is 1.44. The standard InChI is InChI=1S/C9H10Br.BrH.Mg/c1-2-4-8-5-3-6-9(10)7-8;;/h3,5-7H,1-2,4H2;1H;/q;;+1/p-1. The Bertz CT molecular complexity index is 238. The van der Waals surface area contributed by atoms with E-state index in [9.17, 15) is 0 Å². The van der Waals surface area contributed by atoms with E-state index in [1.807, 2.05) is 0 Å². The second kappa shape index (κ2) is 6.41. The van der Waals surface area contributed by atoms with Gasteiger partial charge in [-0.25, -0.2) is 0 Å². The summed E-state index contributed by atoms with van der Waals surface area (Å²) in [5.74, 6) is 0. The second-order valence-corrected chi connectivity index (χ2v) is 7.16. The van der Waals surface area contributed by atoms with Gasteiger partial charge in [-0.3, -0.25) is 0 Å². The summed E-state index contributed by atoms with van der Waals surface area (Å²) in [6.07, 6.45) is 2.55. The smallest absolute Gasteiger partial charge is 0.307 e. The average molecular weight is 302 g/mol. The highest BCUT2D eigenvalue weighted by Gasteiger charge is 1.94. The highest BCUT2D eigenvalue weighted by atomic mass is 79.9. The Morgan fingerprint density at radius 1 is 1.33 bits per heavy atom. The first-order chi connectivity index (χ1) is 5.83. The van der Waals surface area contributed by atoms with E-state index in [4.69, 9.17) is 0 Å². The van der Waals surface area contributed by atoms with Gasteiger partial charge >= 0.3 is 18.2 Å². The minimum atomic E-state index is 0.0892. The summed E-state index contributed by atoms with van der Waals surface area (Å²) in [6.45, 7) is 0. The van der Waals surface area contributed by atoms with E-state index >= 15 is 0 Å². The van der Waals surface area contributed by atoms with E-state index in [0.717, 1.165) is 0 Å². The molecule has 0 aromatic heterocycles. The van der Waals surface area contributed by atoms with Crippen molar-refractivity contribution in [3.63, 3.8) is 0 Å². The molecule has 0 spiro atoms. The van der Waals surface area contributed by atoms with Crippen LogP contribution in [0.4, 0.5) is 0 Å². The molecule has 0 N–H and O–H groups in total. The Kier molecular flexibility index (Phi) is 5.89. The quantitative estimate of drug-likeness (QED) is 0.586. The van der Waals surface area contributed by atoms with Crippen LogP contribution in [0.5, 0.6) is 0 Å². The van der Waals surface area contributed by atoms with E-state index in [2.05, 4.69) is 53.1 Å². The third kappa shape index (κ3) is 4.26. The van der Waals surface area contributed by atoms with Crippen molar-refractivity contribution < 1.29 is 0 Å². The van der Waals surface area contributed by atoms with Gasteiger partial charge in [-0.15, -0.1) is 4.55 Å². The van der Waals surface area contributed by atoms with E-state index in [1.165, 1.54) is 27.4 Å². The van der Waals surface area contributed by atoms with Gasteiger partial charge in [0, 0.05) is 4.47 Å². The van der Waals surface area contributed by atoms with Crippen LogP contribution in [0.3, 0.4) is 0 Å². The van der Waals surface area contributed by atoms with Crippen LogP contribution in [0.25, 0.3) is 0 Å². The molecular weight excluding hydrogens is 292 g/mol. The number of halogens is 2. The van der Waals surface area contributed by atoms with Gasteiger partial charge in [-0.2, -0.15) is 0 Å². The summed E-state index contributed by atoms with van der Waals surface area (Å²) >= 11 is 7.13. The maximum atomic E-state index is 3.57. The Hall–Kier alpha value is 0.946. The molecule has 0 aliphatic heterocycles. The molecule has 12 heavy (non-hydrogen) atoms. The monoisotopic (exact) mass is 300 g/mol. The zero-order valence-electron chi connectivity index (χ0n) is 6.89. The van der Waals surface area contributed by atoms with Crippen LogP contribution >= 0.6 is 28.8 Å². The molecule has 0 fully saturated rings. The van der Waals surface area contributed by atoms with Crippen molar-refractivity contribution in [2.45, 2.75) is 17.4 Å². The molecular formula is C9H10Br2Mg. The van der Waals surface area contributed by atoms with Crippen molar-refractivity contribution in [1.82, 2.24) is 0 Å². The fourth-order valence-corrected chi connectivity index (χ4v) is 3.19. The number of aryl methyl sites for hydroxylation is 1. The van der Waals surface area contributed by atoms with Crippen molar-refractivity contribution in [3.8, 4) is 0 Å². The summed E-state index contributed by atoms with van der Waals surface area (Å²) in [7, 11) is 0. The number of benzene rings is 1. The van der Waals surface area contributed by atoms with Crippen LogP contribution in [0.15, 0.2) is 28.7 Å². The number of hydrogen-bond donors (Lipinski definition) is 0. The Morgan fingerprint density at radius 3 is 2.83 bits per heavy atom. The summed E-state index contributed by atoms with van der Waals surface area (Å²) in [6, 6.07) is 8.57. The van der Waals surface area contributed by atoms with Gasteiger partial charge in [0.2, 0.25) is 0 Å². The van der Waals surface area contributed by atoms with Crippen LogP contribution in [0.2, 0.25) is 4.55 Å². The van der Waals surface area contributed by atoms with E-state index < -0.39 is 0 Å². The van der Waals surface area contributed by atoms with Gasteiger partial charge in [-0.1, -0.05) is 34.5 Å². The zero-order chi connectivity index (χ0) is 8.81. The first-order valence-corrected chi connectivity index (χ1v) is 9.82. The molecule has 0 aliphatic rings. The lowest BCUT2D eigenvalue weighted by Gasteiger charge is -1.99. The predicted molar refractivity (Wildman–Crippen MR) is 62.0 cm³/mol. The third-order valence-electron chi connectivity index (χ3n) is 1.74. The van der Waals surface area contributed by atoms with Gasteiger partial charge in [0.05, 0.1) is 0 Å². The third-order valence-corrected chi connectivity index (χ3v) is 4.68. The molecule has 0 aliphatic carbocycles. The molecule has 0 bridgehead atoms. The van der Waals surface area contributed by atoms with Crippen LogP contribution in [0, 0.1) is 0 Å². The Balaban J connectivity index is 2.41. The van der Waals surface area contributed by atoms with Gasteiger partial charge in [-0.05, 0) is 24.1 Å². The molecule has 0 nitrogen and oxygen atoms in total. The van der Waals surface area contributed by atoms with E-state index in [0.29, 0.717) is 0 Å². The topological polar surface area (TPSA) is 0 Å². The van der Waals surface area contributed by atoms with Gasteiger partial charge in [0.15, 0.2) is 0 Å². The second-order valence-electron chi connectivity index (χ2n) is 2.78. The van der Waals surface area contributed by atoms with E-state index in [1.54, 1.807) is 0 Å². The van der Waals surface area contributed by atoms with Crippen LogP contribution in [0.1, 0.15) is 12.0 Å². The lowest BCUT2D eigenvalue weighted by atomic mass is 10.1. The summed E-state index contributed by atoms with van der Waals surface area (Å²) in [5, 5.41) is 0. The zero-order valence-corrected chi connectivity index (χ0v) is 11.5. The van der Waals surface area contributed by atoms with Crippen LogP contribution in [-0.2, 0) is 6.42 Å². The predicted octanol–water partition coefficient (Wildman–Crippen LogP) is 3.81. The largest absolute Gasteiger partial charge is 0.468 e. The minimum absolute atomic E-state index is 0.0892. The molecule has 0 amide bonds. The molecule has 1 rings (SSSR count). The molecule has 0 atom stereocenters. The van der Waals surface area contributed by atoms with Crippen molar-refractivity contribution in [2.75, 3.05) is 0 Å². The maximum Gasteiger partial charge on any atom is 0.468 e. The molecule has 0 heterocycles. The molecule has 0 radical (unpaired) electrons. The highest BCUT2D eigenvalue weighted by Crippen LogP contribution is 2.13. The Morgan fingerprint density at radius 2 is 2.17 bits per heavy atom. The van der Waals surface area contributed by atoms with Crippen molar-refractivity contribution in [3.05, 3.63) is 34.3 Å². The minimum Gasteiger partial charge on any atom is -0.307 e. The number of hydrogen-bond acceptors (Lipinski definition) is 0. The molecule has 1 aromatic rings. The normalized spacial score (nSPS) is 9.50. The van der Waals surface area contributed by atoms with Gasteiger partial charge < -0.3 is 12.9 Å².